The lowest BCUT2D eigenvalue weighted by Gasteiger charge is -1.98. The molecule has 1 heteroatoms. The summed E-state index contributed by atoms with van der Waals surface area (Å²) in [6.45, 7) is 4.21. The molecule has 1 atom stereocenters. The van der Waals surface area contributed by atoms with Crippen LogP contribution in [0.3, 0.4) is 0 Å². The van der Waals surface area contributed by atoms with Crippen LogP contribution in [0.4, 0.5) is 0 Å². The van der Waals surface area contributed by atoms with Gasteiger partial charge in [-0.1, -0.05) is 6.92 Å². The monoisotopic (exact) mass is 126 g/mol. The van der Waals surface area contributed by atoms with Gasteiger partial charge in [0, 0.05) is 12.5 Å². The summed E-state index contributed by atoms with van der Waals surface area (Å²) in [4.78, 5) is 0. The Kier molecular flexibility index (Phi) is 5.35. The second-order valence-corrected chi connectivity index (χ2v) is 2.16. The average molecular weight is 126 g/mol. The number of aliphatic hydroxyl groups excluding tert-OH is 1. The highest BCUT2D eigenvalue weighted by Gasteiger charge is 1.93. The van der Waals surface area contributed by atoms with Gasteiger partial charge >= 0.3 is 0 Å². The molecule has 0 radical (unpaired) electrons. The van der Waals surface area contributed by atoms with Crippen molar-refractivity contribution in [3.63, 3.8) is 0 Å². The van der Waals surface area contributed by atoms with Gasteiger partial charge in [0.2, 0.25) is 0 Å². The SMILES string of the molecule is CC#C[C@@H](C)CCCO. The summed E-state index contributed by atoms with van der Waals surface area (Å²) in [6, 6.07) is 0. The predicted octanol–water partition coefficient (Wildman–Crippen LogP) is 1.42. The van der Waals surface area contributed by atoms with Crippen LogP contribution in [0.25, 0.3) is 0 Å². The minimum atomic E-state index is 0.287. The second kappa shape index (κ2) is 5.65. The summed E-state index contributed by atoms with van der Waals surface area (Å²) in [5, 5.41) is 8.44. The van der Waals surface area contributed by atoms with E-state index in [1.54, 1.807) is 0 Å². The van der Waals surface area contributed by atoms with E-state index >= 15 is 0 Å². The Balaban J connectivity index is 3.23. The molecule has 1 N–H and O–H groups in total. The van der Waals surface area contributed by atoms with Crippen LogP contribution in [0.2, 0.25) is 0 Å². The van der Waals surface area contributed by atoms with E-state index in [1.807, 2.05) is 6.92 Å². The molecule has 0 saturated heterocycles. The standard InChI is InChI=1S/C8H14O/c1-3-5-8(2)6-4-7-9/h8-9H,4,6-7H2,1-2H3/t8-/m1/s1. The van der Waals surface area contributed by atoms with E-state index in [-0.39, 0.29) is 6.61 Å². The molecule has 0 aromatic rings. The third-order valence-electron chi connectivity index (χ3n) is 1.19. The second-order valence-electron chi connectivity index (χ2n) is 2.16. The molecule has 0 aromatic heterocycles. The summed E-state index contributed by atoms with van der Waals surface area (Å²) in [5.74, 6) is 6.31. The maximum atomic E-state index is 8.44. The van der Waals surface area contributed by atoms with Crippen molar-refractivity contribution >= 4 is 0 Å². The van der Waals surface area contributed by atoms with Crippen molar-refractivity contribution in [3.8, 4) is 11.8 Å². The fourth-order valence-electron chi connectivity index (χ4n) is 0.716. The van der Waals surface area contributed by atoms with Gasteiger partial charge in [0.05, 0.1) is 0 Å². The minimum Gasteiger partial charge on any atom is -0.396 e. The molecule has 0 spiro atoms. The number of rotatable bonds is 3. The van der Waals surface area contributed by atoms with Crippen molar-refractivity contribution in [1.29, 1.82) is 0 Å². The van der Waals surface area contributed by atoms with Crippen LogP contribution in [-0.2, 0) is 0 Å². The molecule has 52 valence electrons. The van der Waals surface area contributed by atoms with Gasteiger partial charge in [-0.15, -0.1) is 11.8 Å². The van der Waals surface area contributed by atoms with Crippen LogP contribution in [0.15, 0.2) is 0 Å². The Labute approximate surface area is 57.1 Å². The molecule has 0 aromatic carbocycles. The first-order chi connectivity index (χ1) is 4.31. The van der Waals surface area contributed by atoms with Crippen molar-refractivity contribution in [3.05, 3.63) is 0 Å². The Morgan fingerprint density at radius 3 is 2.67 bits per heavy atom. The van der Waals surface area contributed by atoms with Crippen LogP contribution in [0.1, 0.15) is 26.7 Å². The fourth-order valence-corrected chi connectivity index (χ4v) is 0.716. The largest absolute Gasteiger partial charge is 0.396 e. The summed E-state index contributed by atoms with van der Waals surface area (Å²) >= 11 is 0. The average Bonchev–Trinajstić information content (AvgIpc) is 1.85. The molecule has 0 aliphatic heterocycles. The molecule has 0 bridgehead atoms. The van der Waals surface area contributed by atoms with Gasteiger partial charge in [-0.2, -0.15) is 0 Å². The first-order valence-corrected chi connectivity index (χ1v) is 3.34. The zero-order chi connectivity index (χ0) is 7.11. The molecular formula is C8H14O. The van der Waals surface area contributed by atoms with Gasteiger partial charge in [0.25, 0.3) is 0 Å². The highest BCUT2D eigenvalue weighted by molar-refractivity contribution is 4.98. The van der Waals surface area contributed by atoms with Crippen molar-refractivity contribution in [2.24, 2.45) is 5.92 Å². The highest BCUT2D eigenvalue weighted by Crippen LogP contribution is 2.01. The molecule has 0 fully saturated rings. The highest BCUT2D eigenvalue weighted by atomic mass is 16.2. The Hall–Kier alpha value is -0.480. The number of hydrogen-bond donors (Lipinski definition) is 1. The molecule has 0 heterocycles. The lowest BCUT2D eigenvalue weighted by molar-refractivity contribution is 0.279. The van der Waals surface area contributed by atoms with Gasteiger partial charge in [-0.3, -0.25) is 0 Å². The molecule has 0 unspecified atom stereocenters. The lowest BCUT2D eigenvalue weighted by atomic mass is 10.1. The van der Waals surface area contributed by atoms with E-state index < -0.39 is 0 Å². The maximum absolute atomic E-state index is 8.44. The summed E-state index contributed by atoms with van der Waals surface area (Å²) < 4.78 is 0. The zero-order valence-electron chi connectivity index (χ0n) is 6.15. The van der Waals surface area contributed by atoms with Gasteiger partial charge in [0.15, 0.2) is 0 Å². The molecule has 0 aliphatic carbocycles. The third-order valence-corrected chi connectivity index (χ3v) is 1.19. The fraction of sp³-hybridized carbons (Fsp3) is 0.750. The van der Waals surface area contributed by atoms with Gasteiger partial charge < -0.3 is 5.11 Å². The molecule has 1 nitrogen and oxygen atoms in total. The van der Waals surface area contributed by atoms with Crippen molar-refractivity contribution in [2.75, 3.05) is 6.61 Å². The molecule has 0 aliphatic rings. The van der Waals surface area contributed by atoms with Crippen molar-refractivity contribution < 1.29 is 5.11 Å². The number of aliphatic hydroxyl groups is 1. The van der Waals surface area contributed by atoms with Crippen LogP contribution in [0, 0.1) is 17.8 Å². The van der Waals surface area contributed by atoms with Gasteiger partial charge in [-0.05, 0) is 19.8 Å². The lowest BCUT2D eigenvalue weighted by Crippen LogP contribution is -1.92. The van der Waals surface area contributed by atoms with Crippen LogP contribution in [-0.4, -0.2) is 11.7 Å². The van der Waals surface area contributed by atoms with Crippen molar-refractivity contribution in [2.45, 2.75) is 26.7 Å². The first-order valence-electron chi connectivity index (χ1n) is 3.34. The van der Waals surface area contributed by atoms with Crippen LogP contribution < -0.4 is 0 Å². The molecule has 9 heavy (non-hydrogen) atoms. The first kappa shape index (κ1) is 8.52. The normalized spacial score (nSPS) is 11.9. The van der Waals surface area contributed by atoms with Crippen LogP contribution >= 0.6 is 0 Å². The van der Waals surface area contributed by atoms with E-state index in [0.717, 1.165) is 12.8 Å². The van der Waals surface area contributed by atoms with E-state index in [4.69, 9.17) is 5.11 Å². The summed E-state index contributed by atoms with van der Waals surface area (Å²) in [6.07, 6.45) is 1.88. The molecule has 0 rings (SSSR count). The Morgan fingerprint density at radius 1 is 1.56 bits per heavy atom. The van der Waals surface area contributed by atoms with E-state index in [9.17, 15) is 0 Å². The van der Waals surface area contributed by atoms with E-state index in [2.05, 4.69) is 18.8 Å². The smallest absolute Gasteiger partial charge is 0.0431 e. The van der Waals surface area contributed by atoms with Gasteiger partial charge in [-0.25, -0.2) is 0 Å². The predicted molar refractivity (Wildman–Crippen MR) is 38.9 cm³/mol. The molecule has 0 amide bonds. The Morgan fingerprint density at radius 2 is 2.22 bits per heavy atom. The maximum Gasteiger partial charge on any atom is 0.0431 e. The quantitative estimate of drug-likeness (QED) is 0.567. The topological polar surface area (TPSA) is 20.2 Å². The molecule has 0 saturated carbocycles. The van der Waals surface area contributed by atoms with E-state index in [1.165, 1.54) is 0 Å². The van der Waals surface area contributed by atoms with Crippen molar-refractivity contribution in [1.82, 2.24) is 0 Å². The summed E-state index contributed by atoms with van der Waals surface area (Å²) in [7, 11) is 0. The third kappa shape index (κ3) is 5.39. The Bertz CT molecular complexity index is 107. The van der Waals surface area contributed by atoms with Gasteiger partial charge in [0.1, 0.15) is 0 Å². The van der Waals surface area contributed by atoms with Crippen LogP contribution in [0.5, 0.6) is 0 Å². The molecular weight excluding hydrogens is 112 g/mol. The zero-order valence-corrected chi connectivity index (χ0v) is 6.15. The number of hydrogen-bond acceptors (Lipinski definition) is 1. The van der Waals surface area contributed by atoms with E-state index in [0.29, 0.717) is 5.92 Å². The minimum absolute atomic E-state index is 0.287. The summed E-state index contributed by atoms with van der Waals surface area (Å²) in [5.41, 5.74) is 0.